The number of carbonyl (C=O) groups excluding carboxylic acids is 1. The van der Waals surface area contributed by atoms with E-state index in [1.54, 1.807) is 36.0 Å². The summed E-state index contributed by atoms with van der Waals surface area (Å²) in [4.78, 5) is 21.3. The van der Waals surface area contributed by atoms with E-state index in [-0.39, 0.29) is 11.6 Å². The topological polar surface area (TPSA) is 54.9 Å². The van der Waals surface area contributed by atoms with Gasteiger partial charge >= 0.3 is 0 Å². The third-order valence-electron chi connectivity index (χ3n) is 5.28. The molecule has 0 saturated heterocycles. The molecule has 7 heteroatoms. The summed E-state index contributed by atoms with van der Waals surface area (Å²) < 4.78 is 25.7. The van der Waals surface area contributed by atoms with E-state index >= 15 is 0 Å². The van der Waals surface area contributed by atoms with Crippen molar-refractivity contribution in [1.29, 1.82) is 0 Å². The second kappa shape index (κ2) is 11.7. The largest absolute Gasteiger partial charge is 0.311 e. The van der Waals surface area contributed by atoms with Crippen molar-refractivity contribution in [3.8, 4) is 11.3 Å². The Morgan fingerprint density at radius 2 is 1.79 bits per heavy atom. The molecule has 0 unspecified atom stereocenters. The fourth-order valence-electron chi connectivity index (χ4n) is 3.62. The van der Waals surface area contributed by atoms with Gasteiger partial charge in [0.25, 0.3) is 0 Å². The van der Waals surface area contributed by atoms with Crippen molar-refractivity contribution in [2.45, 2.75) is 39.5 Å². The van der Waals surface area contributed by atoms with Gasteiger partial charge in [0.05, 0.1) is 11.4 Å². The molecule has 2 aromatic carbocycles. The molecule has 4 nitrogen and oxygen atoms in total. The van der Waals surface area contributed by atoms with Crippen LogP contribution in [0.5, 0.6) is 0 Å². The van der Waals surface area contributed by atoms with Gasteiger partial charge in [-0.1, -0.05) is 32.1 Å². The molecule has 1 heterocycles. The van der Waals surface area contributed by atoms with Gasteiger partial charge in [0.2, 0.25) is 6.41 Å². The smallest absolute Gasteiger partial charge is 0.212 e. The third-order valence-corrected chi connectivity index (χ3v) is 6.08. The van der Waals surface area contributed by atoms with Crippen LogP contribution in [-0.4, -0.2) is 22.6 Å². The van der Waals surface area contributed by atoms with E-state index in [4.69, 9.17) is 4.98 Å². The summed E-state index contributed by atoms with van der Waals surface area (Å²) in [5, 5.41) is 2.66. The molecule has 33 heavy (non-hydrogen) atoms. The van der Waals surface area contributed by atoms with Gasteiger partial charge < -0.3 is 5.32 Å². The van der Waals surface area contributed by atoms with Crippen molar-refractivity contribution in [3.05, 3.63) is 82.7 Å². The Bertz CT molecular complexity index is 1150. The maximum atomic E-state index is 13.5. The summed E-state index contributed by atoms with van der Waals surface area (Å²) in [6.45, 7) is 4.10. The molecule has 1 aliphatic carbocycles. The molecule has 0 spiro atoms. The minimum absolute atomic E-state index is 0.160. The van der Waals surface area contributed by atoms with Crippen LogP contribution in [0.15, 0.2) is 48.5 Å². The number of rotatable bonds is 6. The number of hydrogen-bond donors (Lipinski definition) is 1. The van der Waals surface area contributed by atoms with E-state index in [1.165, 1.54) is 23.8 Å². The molecular formula is C26H27F2N3OS. The molecule has 1 amide bonds. The van der Waals surface area contributed by atoms with Crippen LogP contribution in [0.25, 0.3) is 16.2 Å². The van der Waals surface area contributed by atoms with Gasteiger partial charge in [-0.25, -0.2) is 18.7 Å². The second-order valence-corrected chi connectivity index (χ2v) is 8.29. The Morgan fingerprint density at radius 3 is 2.42 bits per heavy atom. The first-order chi connectivity index (χ1) is 16.0. The SMILES string of the molecule is CC/C=C(\SC)c1nc2c(nc1NC=O)CCc1cc(F)ccc1-2.CCc1ccc(F)cc1. The highest BCUT2D eigenvalue weighted by Gasteiger charge is 2.23. The number of aromatic nitrogens is 2. The Balaban J connectivity index is 0.000000286. The highest BCUT2D eigenvalue weighted by molar-refractivity contribution is 8.07. The van der Waals surface area contributed by atoms with Gasteiger partial charge in [-0.2, -0.15) is 0 Å². The Labute approximate surface area is 197 Å². The summed E-state index contributed by atoms with van der Waals surface area (Å²) in [5.41, 5.74) is 5.31. The minimum Gasteiger partial charge on any atom is -0.311 e. The fourth-order valence-corrected chi connectivity index (χ4v) is 4.29. The number of benzene rings is 2. The van der Waals surface area contributed by atoms with Gasteiger partial charge in [0, 0.05) is 10.5 Å². The molecule has 3 aromatic rings. The van der Waals surface area contributed by atoms with E-state index in [1.807, 2.05) is 20.1 Å². The van der Waals surface area contributed by atoms with Crippen molar-refractivity contribution in [2.24, 2.45) is 0 Å². The fraction of sp³-hybridized carbons (Fsp3) is 0.269. The van der Waals surface area contributed by atoms with E-state index < -0.39 is 0 Å². The van der Waals surface area contributed by atoms with Gasteiger partial charge in [0.1, 0.15) is 17.3 Å². The lowest BCUT2D eigenvalue weighted by Crippen LogP contribution is -2.13. The lowest BCUT2D eigenvalue weighted by atomic mass is 9.91. The Morgan fingerprint density at radius 1 is 1.06 bits per heavy atom. The monoisotopic (exact) mass is 467 g/mol. The summed E-state index contributed by atoms with van der Waals surface area (Å²) in [6, 6.07) is 11.3. The summed E-state index contributed by atoms with van der Waals surface area (Å²) in [7, 11) is 0. The Kier molecular flexibility index (Phi) is 8.72. The number of fused-ring (bicyclic) bond motifs is 3. The molecule has 0 fully saturated rings. The van der Waals surface area contributed by atoms with Gasteiger partial charge in [-0.05, 0) is 73.4 Å². The van der Waals surface area contributed by atoms with Crippen molar-refractivity contribution in [1.82, 2.24) is 9.97 Å². The number of nitrogens with one attached hydrogen (secondary N) is 1. The van der Waals surface area contributed by atoms with Gasteiger partial charge in [-0.3, -0.25) is 4.79 Å². The molecule has 1 aromatic heterocycles. The summed E-state index contributed by atoms with van der Waals surface area (Å²) in [6.07, 6.45) is 7.88. The maximum absolute atomic E-state index is 13.5. The standard InChI is InChI=1S/C18H18FN3OS.C8H9F/c1-3-4-15(24-2)17-18(20-10-23)21-14-8-5-11-9-12(19)6-7-13(11)16(14)22-17;1-2-7-3-5-8(9)6-4-7/h4,6-7,9-10H,3,5,8H2,1-2H3,(H,20,21,23);3-6H,2H2,1H3/b15-4-;. The zero-order valence-corrected chi connectivity index (χ0v) is 19.8. The van der Waals surface area contributed by atoms with Crippen LogP contribution in [0.2, 0.25) is 0 Å². The maximum Gasteiger partial charge on any atom is 0.212 e. The molecule has 0 bridgehead atoms. The number of hydrogen-bond acceptors (Lipinski definition) is 4. The predicted octanol–water partition coefficient (Wildman–Crippen LogP) is 6.45. The number of thioether (sulfide) groups is 1. The molecule has 0 aliphatic heterocycles. The molecule has 172 valence electrons. The second-order valence-electron chi connectivity index (χ2n) is 7.44. The van der Waals surface area contributed by atoms with Crippen LogP contribution in [0.3, 0.4) is 0 Å². The molecule has 1 aliphatic rings. The number of anilines is 1. The van der Waals surface area contributed by atoms with Crippen LogP contribution in [0, 0.1) is 11.6 Å². The molecular weight excluding hydrogens is 440 g/mol. The van der Waals surface area contributed by atoms with Gasteiger partial charge in [0.15, 0.2) is 5.82 Å². The van der Waals surface area contributed by atoms with Crippen molar-refractivity contribution in [2.75, 3.05) is 11.6 Å². The lowest BCUT2D eigenvalue weighted by Gasteiger charge is -2.21. The van der Waals surface area contributed by atoms with Gasteiger partial charge in [-0.15, -0.1) is 11.8 Å². The van der Waals surface area contributed by atoms with E-state index in [9.17, 15) is 13.6 Å². The number of allylic oxidation sites excluding steroid dienone is 1. The first kappa shape index (κ1) is 24.6. The van der Waals surface area contributed by atoms with Crippen LogP contribution in [0.1, 0.15) is 42.8 Å². The average Bonchev–Trinajstić information content (AvgIpc) is 2.83. The molecule has 0 saturated carbocycles. The quantitative estimate of drug-likeness (QED) is 0.423. The third kappa shape index (κ3) is 6.05. The van der Waals surface area contributed by atoms with Crippen LogP contribution in [-0.2, 0) is 24.1 Å². The zero-order valence-electron chi connectivity index (χ0n) is 19.0. The molecule has 4 rings (SSSR count). The average molecular weight is 468 g/mol. The highest BCUT2D eigenvalue weighted by atomic mass is 32.2. The number of nitrogens with zero attached hydrogens (tertiary/aromatic N) is 2. The summed E-state index contributed by atoms with van der Waals surface area (Å²) in [5.74, 6) is 0.0795. The number of halogens is 2. The minimum atomic E-state index is -0.236. The van der Waals surface area contributed by atoms with Crippen LogP contribution in [0.4, 0.5) is 14.6 Å². The first-order valence-corrected chi connectivity index (χ1v) is 12.1. The molecule has 0 radical (unpaired) electrons. The lowest BCUT2D eigenvalue weighted by molar-refractivity contribution is -0.105. The highest BCUT2D eigenvalue weighted by Crippen LogP contribution is 2.36. The van der Waals surface area contributed by atoms with Crippen molar-refractivity contribution >= 4 is 28.9 Å². The van der Waals surface area contributed by atoms with E-state index in [0.29, 0.717) is 24.3 Å². The predicted molar refractivity (Wildman–Crippen MR) is 132 cm³/mol. The van der Waals surface area contributed by atoms with E-state index in [2.05, 4.69) is 16.4 Å². The summed E-state index contributed by atoms with van der Waals surface area (Å²) >= 11 is 1.56. The normalized spacial score (nSPS) is 12.2. The Hall–Kier alpha value is -3.06. The first-order valence-electron chi connectivity index (χ1n) is 10.9. The van der Waals surface area contributed by atoms with E-state index in [0.717, 1.165) is 46.7 Å². The molecule has 0 atom stereocenters. The van der Waals surface area contributed by atoms with Crippen LogP contribution < -0.4 is 5.32 Å². The van der Waals surface area contributed by atoms with Crippen LogP contribution >= 0.6 is 11.8 Å². The number of carbonyl (C=O) groups is 1. The van der Waals surface area contributed by atoms with Crippen molar-refractivity contribution in [3.63, 3.8) is 0 Å². The zero-order chi connectivity index (χ0) is 23.8. The van der Waals surface area contributed by atoms with Crippen molar-refractivity contribution < 1.29 is 13.6 Å². The molecule has 1 N–H and O–H groups in total. The number of amides is 1. The number of aryl methyl sites for hydroxylation is 3.